The highest BCUT2D eigenvalue weighted by atomic mass is 16.7. The van der Waals surface area contributed by atoms with E-state index in [0.717, 1.165) is 0 Å². The number of hydrogen-bond donors (Lipinski definition) is 10. The summed E-state index contributed by atoms with van der Waals surface area (Å²) in [5.74, 6) is -6.97. The molecule has 0 bridgehead atoms. The molecule has 78 heavy (non-hydrogen) atoms. The summed E-state index contributed by atoms with van der Waals surface area (Å²) < 4.78 is 17.5. The number of ketones is 4. The summed E-state index contributed by atoms with van der Waals surface area (Å²) in [7, 11) is 0. The van der Waals surface area contributed by atoms with Gasteiger partial charge in [-0.3, -0.25) is 28.8 Å². The third-order valence-corrected chi connectivity index (χ3v) is 13.8. The molecule has 0 aromatic heterocycles. The van der Waals surface area contributed by atoms with Crippen molar-refractivity contribution in [3.05, 3.63) is 115 Å². The smallest absolute Gasteiger partial charge is 0.313 e. The molecule has 2 heterocycles. The average Bonchev–Trinajstić information content (AvgIpc) is 3.39. The highest BCUT2D eigenvalue weighted by Crippen LogP contribution is 2.29. The lowest BCUT2D eigenvalue weighted by molar-refractivity contribution is -0.277. The van der Waals surface area contributed by atoms with Gasteiger partial charge in [0.05, 0.1) is 54.9 Å². The maximum atomic E-state index is 13.3. The van der Waals surface area contributed by atoms with E-state index in [1.807, 2.05) is 26.8 Å². The van der Waals surface area contributed by atoms with E-state index in [1.165, 1.54) is 19.1 Å². The number of aliphatic hydroxyl groups is 7. The van der Waals surface area contributed by atoms with Crippen LogP contribution in [0.4, 0.5) is 5.69 Å². The molecule has 1 fully saturated rings. The SMILES string of the molecule is CC1\C=C/C=C\C=C/C=C\C=C/C=C\C=C/C(O[C@@H]2O[C@H](C)[C@@H](O)[C@H](N)[C@@H]2O)CC(O)C(C(=O)O)C(O)CC(=O)CC(O)CCCC(O)CC(=O)CCCC(=O)CC(=O)OC1C(C)CC(C)C(O)CC(=O)c1ccc(N)cc1. The Bertz CT molecular complexity index is 2270. The molecule has 2 aliphatic heterocycles. The van der Waals surface area contributed by atoms with Crippen LogP contribution < -0.4 is 11.5 Å². The van der Waals surface area contributed by atoms with Crippen LogP contribution in [-0.2, 0) is 38.2 Å². The Labute approximate surface area is 457 Å². The number of esters is 1. The topological polar surface area (TPSA) is 344 Å². The third-order valence-electron chi connectivity index (χ3n) is 13.8. The maximum absolute atomic E-state index is 13.3. The summed E-state index contributed by atoms with van der Waals surface area (Å²) in [6, 6.07) is 5.29. The van der Waals surface area contributed by atoms with Gasteiger partial charge in [0.2, 0.25) is 0 Å². The number of allylic oxidation sites excluding steroid dienone is 12. The van der Waals surface area contributed by atoms with Crippen LogP contribution in [-0.4, -0.2) is 149 Å². The summed E-state index contributed by atoms with van der Waals surface area (Å²) in [6.07, 6.45) is 8.45. The summed E-state index contributed by atoms with van der Waals surface area (Å²) >= 11 is 0. The molecule has 19 nitrogen and oxygen atoms in total. The Hall–Kier alpha value is -5.58. The number of cyclic esters (lactones) is 1. The first-order valence-corrected chi connectivity index (χ1v) is 26.8. The first-order valence-electron chi connectivity index (χ1n) is 26.8. The monoisotopic (exact) mass is 1090 g/mol. The van der Waals surface area contributed by atoms with E-state index in [2.05, 4.69) is 0 Å². The Morgan fingerprint density at radius 2 is 1.24 bits per heavy atom. The second-order valence-electron chi connectivity index (χ2n) is 20.7. The summed E-state index contributed by atoms with van der Waals surface area (Å²) in [6.45, 7) is 7.07. The number of hydrogen-bond acceptors (Lipinski definition) is 18. The highest BCUT2D eigenvalue weighted by Gasteiger charge is 2.43. The lowest BCUT2D eigenvalue weighted by Crippen LogP contribution is -2.61. The van der Waals surface area contributed by atoms with Crippen LogP contribution in [0.3, 0.4) is 0 Å². The van der Waals surface area contributed by atoms with Crippen LogP contribution in [0.2, 0.25) is 0 Å². The number of ether oxygens (including phenoxy) is 3. The number of aliphatic hydroxyl groups excluding tert-OH is 7. The molecule has 19 heteroatoms. The zero-order valence-electron chi connectivity index (χ0n) is 45.2. The molecule has 0 aliphatic carbocycles. The van der Waals surface area contributed by atoms with Gasteiger partial charge in [-0.05, 0) is 75.1 Å². The molecule has 432 valence electrons. The number of carboxylic acids is 1. The number of Topliss-reactive ketones (excluding diaryl/α,β-unsaturated/α-hetero) is 4. The number of anilines is 1. The Morgan fingerprint density at radius 1 is 0.705 bits per heavy atom. The van der Waals surface area contributed by atoms with E-state index in [9.17, 15) is 69.6 Å². The zero-order valence-corrected chi connectivity index (χ0v) is 45.2. The van der Waals surface area contributed by atoms with Gasteiger partial charge < -0.3 is 66.5 Å². The van der Waals surface area contributed by atoms with Crippen LogP contribution in [0.15, 0.2) is 109 Å². The summed E-state index contributed by atoms with van der Waals surface area (Å²) in [5.41, 5.74) is 12.7. The molecular weight excluding hydrogens is 1010 g/mol. The number of aliphatic carboxylic acids is 1. The van der Waals surface area contributed by atoms with E-state index in [4.69, 9.17) is 25.7 Å². The van der Waals surface area contributed by atoms with Crippen LogP contribution in [0.5, 0.6) is 0 Å². The van der Waals surface area contributed by atoms with E-state index in [-0.39, 0.29) is 80.7 Å². The summed E-state index contributed by atoms with van der Waals surface area (Å²) in [5, 5.41) is 85.4. The van der Waals surface area contributed by atoms with Gasteiger partial charge in [0.15, 0.2) is 12.1 Å². The van der Waals surface area contributed by atoms with Crippen molar-refractivity contribution in [2.24, 2.45) is 29.4 Å². The lowest BCUT2D eigenvalue weighted by Gasteiger charge is -2.41. The van der Waals surface area contributed by atoms with Gasteiger partial charge in [-0.1, -0.05) is 106 Å². The fourth-order valence-corrected chi connectivity index (χ4v) is 9.27. The lowest BCUT2D eigenvalue weighted by atomic mass is 9.83. The van der Waals surface area contributed by atoms with Crippen molar-refractivity contribution in [3.63, 3.8) is 0 Å². The van der Waals surface area contributed by atoms with Crippen LogP contribution in [0.1, 0.15) is 122 Å². The van der Waals surface area contributed by atoms with Gasteiger partial charge in [-0.2, -0.15) is 0 Å². The Kier molecular flexibility index (Phi) is 30.0. The first kappa shape index (κ1) is 66.7. The Balaban J connectivity index is 1.81. The van der Waals surface area contributed by atoms with Gasteiger partial charge in [-0.25, -0.2) is 0 Å². The fourth-order valence-electron chi connectivity index (χ4n) is 9.27. The van der Waals surface area contributed by atoms with Crippen LogP contribution in [0, 0.1) is 23.7 Å². The predicted octanol–water partition coefficient (Wildman–Crippen LogP) is 4.64. The molecule has 11 unspecified atom stereocenters. The largest absolute Gasteiger partial charge is 0.481 e. The zero-order chi connectivity index (χ0) is 57.9. The molecule has 12 N–H and O–H groups in total. The van der Waals surface area contributed by atoms with Crippen molar-refractivity contribution >= 4 is 40.8 Å². The molecular formula is C59H84N2O17. The molecule has 0 amide bonds. The fraction of sp³-hybridized carbons (Fsp3) is 0.559. The number of rotatable bonds is 10. The van der Waals surface area contributed by atoms with E-state index >= 15 is 0 Å². The van der Waals surface area contributed by atoms with Gasteiger partial charge in [0.25, 0.3) is 0 Å². The summed E-state index contributed by atoms with van der Waals surface area (Å²) in [4.78, 5) is 77.2. The normalized spacial score (nSPS) is 34.0. The molecule has 0 saturated carbocycles. The van der Waals surface area contributed by atoms with Gasteiger partial charge in [0.1, 0.15) is 41.9 Å². The van der Waals surface area contributed by atoms with Crippen molar-refractivity contribution in [1.29, 1.82) is 0 Å². The number of carbonyl (C=O) groups is 6. The Morgan fingerprint density at radius 3 is 1.82 bits per heavy atom. The van der Waals surface area contributed by atoms with Crippen molar-refractivity contribution in [2.45, 2.75) is 185 Å². The standard InChI is InChI=1S/C59H84N2O17/c1-36-19-15-13-11-9-7-5-6-8-10-12-14-16-24-47(77-59-56(73)54(61)55(72)39(4)76-59)34-51(70)53(58(74)75)50(69)32-46(66)31-44(64)22-17-20-42(62)30-43(63)21-18-23-45(65)33-52(71)78-57(36)38(3)29-37(2)48(67)35-49(68)40-25-27-41(60)28-26-40/h5-16,19,24-28,36-39,42,44,47-48,50-51,53-57,59,62,64,67,69-70,72-73H,17-18,20-23,29-35,60-61H2,1-4H3,(H,74,75)/b6-5-,9-7-,10-8-,13-11-,14-12-,19-15-,24-16-/t36?,37?,38?,39-,42?,44?,47?,48?,50?,51?,53?,54+,55-,56+,57?,59+/m1/s1. The van der Waals surface area contributed by atoms with Gasteiger partial charge in [-0.15, -0.1) is 0 Å². The maximum Gasteiger partial charge on any atom is 0.313 e. The van der Waals surface area contributed by atoms with Crippen LogP contribution in [0.25, 0.3) is 0 Å². The number of benzene rings is 1. The van der Waals surface area contributed by atoms with Gasteiger partial charge in [0, 0.05) is 62.1 Å². The van der Waals surface area contributed by atoms with E-state index in [1.54, 1.807) is 91.1 Å². The second-order valence-corrected chi connectivity index (χ2v) is 20.7. The van der Waals surface area contributed by atoms with Crippen molar-refractivity contribution < 1.29 is 83.8 Å². The second kappa shape index (κ2) is 35.1. The first-order chi connectivity index (χ1) is 37.0. The molecule has 1 aromatic carbocycles. The van der Waals surface area contributed by atoms with Crippen LogP contribution >= 0.6 is 0 Å². The quantitative estimate of drug-likeness (QED) is 0.0660. The molecule has 3 rings (SSSR count). The third kappa shape index (κ3) is 24.6. The molecule has 16 atom stereocenters. The highest BCUT2D eigenvalue weighted by molar-refractivity contribution is 5.97. The molecule has 2 aliphatic rings. The average molecular weight is 1090 g/mol. The minimum atomic E-state index is -1.88. The predicted molar refractivity (Wildman–Crippen MR) is 292 cm³/mol. The number of nitrogens with two attached hydrogens (primary N) is 2. The van der Waals surface area contributed by atoms with Crippen molar-refractivity contribution in [3.8, 4) is 0 Å². The molecule has 0 spiro atoms. The van der Waals surface area contributed by atoms with Gasteiger partial charge >= 0.3 is 11.9 Å². The minimum Gasteiger partial charge on any atom is -0.481 e. The molecule has 1 saturated heterocycles. The number of carbonyl (C=O) groups excluding carboxylic acids is 5. The minimum absolute atomic E-state index is 0.0275. The molecule has 0 radical (unpaired) electrons. The molecule has 1 aromatic rings. The number of nitrogen functional groups attached to an aromatic ring is 1. The van der Waals surface area contributed by atoms with E-state index < -0.39 is 128 Å². The number of carboxylic acid groups (broad SMARTS) is 1. The van der Waals surface area contributed by atoms with E-state index in [0.29, 0.717) is 17.7 Å². The van der Waals surface area contributed by atoms with Crippen molar-refractivity contribution in [1.82, 2.24) is 0 Å². The van der Waals surface area contributed by atoms with Crippen molar-refractivity contribution in [2.75, 3.05) is 5.73 Å².